The summed E-state index contributed by atoms with van der Waals surface area (Å²) >= 11 is 5.86. The standard InChI is InChI=1S/C9H6ClO/c1-6-2-3-8(10)9-7(6)4-5-11-9/h2-4H,1H3. The molecule has 2 rings (SSSR count). The van der Waals surface area contributed by atoms with E-state index < -0.39 is 0 Å². The fourth-order valence-electron chi connectivity index (χ4n) is 1.10. The van der Waals surface area contributed by atoms with Crippen LogP contribution >= 0.6 is 11.6 Å². The molecule has 1 aromatic heterocycles. The molecular formula is C9H6ClO. The van der Waals surface area contributed by atoms with E-state index in [0.29, 0.717) is 5.02 Å². The van der Waals surface area contributed by atoms with Crippen LogP contribution in [0.1, 0.15) is 5.56 Å². The molecule has 0 amide bonds. The van der Waals surface area contributed by atoms with E-state index in [2.05, 4.69) is 6.26 Å². The third-order valence-corrected chi connectivity index (χ3v) is 2.03. The number of benzene rings is 1. The van der Waals surface area contributed by atoms with Crippen molar-refractivity contribution in [3.05, 3.63) is 35.0 Å². The Kier molecular flexibility index (Phi) is 1.40. The van der Waals surface area contributed by atoms with Gasteiger partial charge in [0.15, 0.2) is 11.8 Å². The van der Waals surface area contributed by atoms with E-state index in [4.69, 9.17) is 16.0 Å². The summed E-state index contributed by atoms with van der Waals surface area (Å²) in [5, 5.41) is 1.68. The van der Waals surface area contributed by atoms with E-state index in [9.17, 15) is 0 Å². The molecule has 1 aromatic carbocycles. The predicted molar refractivity (Wildman–Crippen MR) is 44.8 cm³/mol. The first-order valence-corrected chi connectivity index (χ1v) is 3.71. The average molecular weight is 166 g/mol. The largest absolute Gasteiger partial charge is 0.451 e. The van der Waals surface area contributed by atoms with Crippen molar-refractivity contribution in [3.8, 4) is 0 Å². The van der Waals surface area contributed by atoms with Crippen LogP contribution in [0.4, 0.5) is 0 Å². The first-order chi connectivity index (χ1) is 5.29. The minimum absolute atomic E-state index is 0.645. The first-order valence-electron chi connectivity index (χ1n) is 3.34. The van der Waals surface area contributed by atoms with Gasteiger partial charge in [-0.3, -0.25) is 0 Å². The molecule has 2 aromatic rings. The molecule has 1 heterocycles. The Morgan fingerprint density at radius 3 is 3.00 bits per heavy atom. The van der Waals surface area contributed by atoms with E-state index in [1.54, 1.807) is 6.07 Å². The van der Waals surface area contributed by atoms with Gasteiger partial charge in [0.2, 0.25) is 0 Å². The highest BCUT2D eigenvalue weighted by molar-refractivity contribution is 6.34. The molecule has 0 aliphatic heterocycles. The van der Waals surface area contributed by atoms with E-state index in [0.717, 1.165) is 16.5 Å². The second-order valence-corrected chi connectivity index (χ2v) is 2.88. The Morgan fingerprint density at radius 1 is 1.45 bits per heavy atom. The van der Waals surface area contributed by atoms with Crippen LogP contribution in [0.15, 0.2) is 22.6 Å². The number of halogens is 1. The molecule has 0 bridgehead atoms. The van der Waals surface area contributed by atoms with Crippen LogP contribution in [-0.4, -0.2) is 0 Å². The van der Waals surface area contributed by atoms with Crippen molar-refractivity contribution in [2.75, 3.05) is 0 Å². The molecule has 0 atom stereocenters. The summed E-state index contributed by atoms with van der Waals surface area (Å²) < 4.78 is 5.07. The minimum Gasteiger partial charge on any atom is -0.451 e. The van der Waals surface area contributed by atoms with Gasteiger partial charge in [-0.1, -0.05) is 17.7 Å². The molecule has 11 heavy (non-hydrogen) atoms. The predicted octanol–water partition coefficient (Wildman–Crippen LogP) is 3.19. The number of fused-ring (bicyclic) bond motifs is 1. The van der Waals surface area contributed by atoms with Gasteiger partial charge >= 0.3 is 0 Å². The van der Waals surface area contributed by atoms with Gasteiger partial charge in [-0.15, -0.1) is 0 Å². The lowest BCUT2D eigenvalue weighted by Crippen LogP contribution is -1.72. The Hall–Kier alpha value is -0.950. The summed E-state index contributed by atoms with van der Waals surface area (Å²) in [7, 11) is 0. The minimum atomic E-state index is 0.645. The van der Waals surface area contributed by atoms with E-state index in [1.165, 1.54) is 0 Å². The highest BCUT2D eigenvalue weighted by Gasteiger charge is 2.03. The zero-order valence-electron chi connectivity index (χ0n) is 6.02. The summed E-state index contributed by atoms with van der Waals surface area (Å²) in [4.78, 5) is 0. The van der Waals surface area contributed by atoms with E-state index in [1.807, 2.05) is 19.1 Å². The Labute approximate surface area is 69.6 Å². The van der Waals surface area contributed by atoms with Crippen molar-refractivity contribution in [3.63, 3.8) is 0 Å². The Morgan fingerprint density at radius 2 is 2.27 bits per heavy atom. The molecule has 2 heteroatoms. The van der Waals surface area contributed by atoms with Gasteiger partial charge in [0.1, 0.15) is 0 Å². The smallest absolute Gasteiger partial charge is 0.170 e. The molecule has 0 aliphatic carbocycles. The topological polar surface area (TPSA) is 13.1 Å². The second kappa shape index (κ2) is 2.28. The lowest BCUT2D eigenvalue weighted by Gasteiger charge is -1.94. The van der Waals surface area contributed by atoms with Crippen molar-refractivity contribution < 1.29 is 4.42 Å². The summed E-state index contributed by atoms with van der Waals surface area (Å²) in [6, 6.07) is 5.60. The van der Waals surface area contributed by atoms with Crippen molar-refractivity contribution in [1.29, 1.82) is 0 Å². The highest BCUT2D eigenvalue weighted by atomic mass is 35.5. The normalized spacial score (nSPS) is 10.7. The lowest BCUT2D eigenvalue weighted by molar-refractivity contribution is 0.606. The van der Waals surface area contributed by atoms with Gasteiger partial charge < -0.3 is 4.42 Å². The van der Waals surface area contributed by atoms with Crippen LogP contribution in [0, 0.1) is 13.2 Å². The maximum Gasteiger partial charge on any atom is 0.170 e. The fourth-order valence-corrected chi connectivity index (χ4v) is 1.31. The molecule has 0 saturated heterocycles. The Balaban J connectivity index is 2.96. The van der Waals surface area contributed by atoms with Crippen molar-refractivity contribution in [1.82, 2.24) is 0 Å². The summed E-state index contributed by atoms with van der Waals surface area (Å²) in [5.41, 5.74) is 1.89. The monoisotopic (exact) mass is 165 g/mol. The van der Waals surface area contributed by atoms with Gasteiger partial charge in [0, 0.05) is 5.39 Å². The van der Waals surface area contributed by atoms with Crippen LogP contribution in [0.2, 0.25) is 5.02 Å². The molecule has 0 saturated carbocycles. The maximum atomic E-state index is 5.86. The van der Waals surface area contributed by atoms with Crippen LogP contribution in [0.25, 0.3) is 11.0 Å². The summed E-state index contributed by atoms with van der Waals surface area (Å²) in [6.07, 6.45) is 2.66. The zero-order chi connectivity index (χ0) is 7.84. The fraction of sp³-hybridized carbons (Fsp3) is 0.111. The first kappa shape index (κ1) is 6.74. The number of furan rings is 1. The molecule has 0 spiro atoms. The van der Waals surface area contributed by atoms with E-state index >= 15 is 0 Å². The Bertz CT molecular complexity index is 353. The number of hydrogen-bond acceptors (Lipinski definition) is 1. The number of aryl methyl sites for hydroxylation is 1. The third kappa shape index (κ3) is 0.925. The van der Waals surface area contributed by atoms with Crippen LogP contribution in [0.5, 0.6) is 0 Å². The van der Waals surface area contributed by atoms with Crippen molar-refractivity contribution >= 4 is 22.6 Å². The molecular weight excluding hydrogens is 160 g/mol. The molecule has 0 aliphatic rings. The van der Waals surface area contributed by atoms with Gasteiger partial charge in [0.05, 0.1) is 5.02 Å². The SMILES string of the molecule is Cc1ccc(Cl)c2o[c]cc12. The van der Waals surface area contributed by atoms with Gasteiger partial charge in [-0.25, -0.2) is 0 Å². The molecule has 1 nitrogen and oxygen atoms in total. The lowest BCUT2D eigenvalue weighted by atomic mass is 10.1. The van der Waals surface area contributed by atoms with Crippen molar-refractivity contribution in [2.24, 2.45) is 0 Å². The van der Waals surface area contributed by atoms with Gasteiger partial charge in [-0.05, 0) is 24.6 Å². The van der Waals surface area contributed by atoms with E-state index in [-0.39, 0.29) is 0 Å². The van der Waals surface area contributed by atoms with Crippen LogP contribution in [0.3, 0.4) is 0 Å². The summed E-state index contributed by atoms with van der Waals surface area (Å²) in [6.45, 7) is 2.02. The number of rotatable bonds is 0. The third-order valence-electron chi connectivity index (χ3n) is 1.73. The summed E-state index contributed by atoms with van der Waals surface area (Å²) in [5.74, 6) is 0. The number of hydrogen-bond donors (Lipinski definition) is 0. The molecule has 0 N–H and O–H groups in total. The zero-order valence-corrected chi connectivity index (χ0v) is 6.77. The van der Waals surface area contributed by atoms with Gasteiger partial charge in [-0.2, -0.15) is 0 Å². The quantitative estimate of drug-likeness (QED) is 0.584. The van der Waals surface area contributed by atoms with Crippen molar-refractivity contribution in [2.45, 2.75) is 6.92 Å². The van der Waals surface area contributed by atoms with Crippen LogP contribution in [-0.2, 0) is 0 Å². The molecule has 0 unspecified atom stereocenters. The second-order valence-electron chi connectivity index (χ2n) is 2.47. The van der Waals surface area contributed by atoms with Crippen LogP contribution < -0.4 is 0 Å². The van der Waals surface area contributed by atoms with Gasteiger partial charge in [0.25, 0.3) is 0 Å². The molecule has 55 valence electrons. The molecule has 1 radical (unpaired) electrons. The average Bonchev–Trinajstić information content (AvgIpc) is 2.45. The highest BCUT2D eigenvalue weighted by Crippen LogP contribution is 2.26. The maximum absolute atomic E-state index is 5.86. The molecule has 0 fully saturated rings.